The van der Waals surface area contributed by atoms with E-state index in [0.717, 1.165) is 6.42 Å². The number of rotatable bonds is 8. The Hall–Kier alpha value is -2.05. The fraction of sp³-hybridized carbons (Fsp3) is 0.600. The van der Waals surface area contributed by atoms with Crippen molar-refractivity contribution in [1.29, 1.82) is 0 Å². The number of anilines is 1. The number of hydrogen-bond donors (Lipinski definition) is 3. The van der Waals surface area contributed by atoms with Crippen molar-refractivity contribution in [3.63, 3.8) is 0 Å². The molecule has 2 heterocycles. The Bertz CT molecular complexity index is 922. The second-order valence-corrected chi connectivity index (χ2v) is 9.31. The molecule has 10 nitrogen and oxygen atoms in total. The molecule has 3 rings (SSSR count). The van der Waals surface area contributed by atoms with Crippen LogP contribution in [0.4, 0.5) is 5.69 Å². The van der Waals surface area contributed by atoms with E-state index in [2.05, 4.69) is 4.72 Å². The van der Waals surface area contributed by atoms with E-state index in [4.69, 9.17) is 10.5 Å². The third kappa shape index (κ3) is 4.90. The number of hydrogen-bond acceptors (Lipinski definition) is 7. The molecule has 2 saturated heterocycles. The van der Waals surface area contributed by atoms with Crippen LogP contribution in [0.2, 0.25) is 0 Å². The van der Waals surface area contributed by atoms with Crippen molar-refractivity contribution >= 4 is 27.5 Å². The lowest BCUT2D eigenvalue weighted by Gasteiger charge is -2.30. The van der Waals surface area contributed by atoms with Gasteiger partial charge >= 0.3 is 0 Å². The average molecular weight is 455 g/mol. The fourth-order valence-corrected chi connectivity index (χ4v) is 5.68. The zero-order valence-electron chi connectivity index (χ0n) is 17.6. The number of aliphatic hydroxyl groups excluding tert-OH is 1. The Balaban J connectivity index is 1.89. The summed E-state index contributed by atoms with van der Waals surface area (Å²) in [5, 5.41) is 9.49. The molecule has 0 aliphatic carbocycles. The first-order chi connectivity index (χ1) is 14.8. The van der Waals surface area contributed by atoms with Crippen LogP contribution in [0.25, 0.3) is 0 Å². The number of nitrogens with one attached hydrogen (secondary N) is 1. The summed E-state index contributed by atoms with van der Waals surface area (Å²) in [7, 11) is -4.10. The third-order valence-electron chi connectivity index (χ3n) is 5.73. The smallest absolute Gasteiger partial charge is 0.253 e. The predicted molar refractivity (Wildman–Crippen MR) is 114 cm³/mol. The van der Waals surface area contributed by atoms with Crippen molar-refractivity contribution in [3.8, 4) is 0 Å². The van der Waals surface area contributed by atoms with E-state index in [9.17, 15) is 23.1 Å². The standard InChI is InChI=1S/C20H30N4O6S/c1-2-15-17(24-9-10-30-13-19(24)26)6-3-7-18(15)31(28,29)22-16(11-21)20(27)23-8-4-5-14(23)12-25/h3,6-7,14,16,22,25H,2,4-5,8-13,21H2,1H3/t14-,16+/m1/s1. The summed E-state index contributed by atoms with van der Waals surface area (Å²) in [6.07, 6.45) is 1.79. The summed E-state index contributed by atoms with van der Waals surface area (Å²) in [5.74, 6) is -0.678. The van der Waals surface area contributed by atoms with E-state index in [0.29, 0.717) is 43.8 Å². The van der Waals surface area contributed by atoms with E-state index in [1.807, 2.05) is 6.92 Å². The maximum absolute atomic E-state index is 13.3. The van der Waals surface area contributed by atoms with Gasteiger partial charge in [0.15, 0.2) is 0 Å². The first-order valence-corrected chi connectivity index (χ1v) is 12.0. The summed E-state index contributed by atoms with van der Waals surface area (Å²) in [6.45, 7) is 2.53. The number of morpholine rings is 1. The molecule has 1 aromatic rings. The number of carbonyl (C=O) groups excluding carboxylic acids is 2. The van der Waals surface area contributed by atoms with E-state index in [1.165, 1.54) is 15.9 Å². The SMILES string of the molecule is CCc1c(N2CCOCC2=O)cccc1S(=O)(=O)N[C@@H](CN)C(=O)N1CCC[C@@H]1CO. The molecule has 2 aliphatic rings. The minimum absolute atomic E-state index is 0.0122. The maximum atomic E-state index is 13.3. The number of likely N-dealkylation sites (tertiary alicyclic amines) is 1. The van der Waals surface area contributed by atoms with Gasteiger partial charge in [-0.15, -0.1) is 0 Å². The summed E-state index contributed by atoms with van der Waals surface area (Å²) in [5.41, 5.74) is 6.76. The molecule has 2 aliphatic heterocycles. The van der Waals surface area contributed by atoms with Gasteiger partial charge in [0.05, 0.1) is 24.2 Å². The molecule has 1 aromatic carbocycles. The number of sulfonamides is 1. The first-order valence-electron chi connectivity index (χ1n) is 10.5. The van der Waals surface area contributed by atoms with Crippen LogP contribution in [-0.4, -0.2) is 81.8 Å². The van der Waals surface area contributed by atoms with Crippen molar-refractivity contribution in [2.24, 2.45) is 5.73 Å². The predicted octanol–water partition coefficient (Wildman–Crippen LogP) is -0.799. The largest absolute Gasteiger partial charge is 0.394 e. The van der Waals surface area contributed by atoms with E-state index in [-0.39, 0.29) is 36.6 Å². The van der Waals surface area contributed by atoms with Crippen LogP contribution in [0, 0.1) is 0 Å². The molecule has 0 radical (unpaired) electrons. The zero-order valence-corrected chi connectivity index (χ0v) is 18.4. The topological polar surface area (TPSA) is 142 Å². The van der Waals surface area contributed by atoms with Crippen molar-refractivity contribution < 1.29 is 27.9 Å². The second-order valence-electron chi connectivity index (χ2n) is 7.63. The molecule has 0 spiro atoms. The molecule has 0 unspecified atom stereocenters. The Kier molecular flexibility index (Phi) is 7.65. The van der Waals surface area contributed by atoms with E-state index in [1.54, 1.807) is 12.1 Å². The lowest BCUT2D eigenvalue weighted by Crippen LogP contribution is -2.53. The van der Waals surface area contributed by atoms with Crippen molar-refractivity contribution in [1.82, 2.24) is 9.62 Å². The van der Waals surface area contributed by atoms with Crippen molar-refractivity contribution in [3.05, 3.63) is 23.8 Å². The average Bonchev–Trinajstić information content (AvgIpc) is 3.25. The van der Waals surface area contributed by atoms with Crippen LogP contribution in [0.15, 0.2) is 23.1 Å². The highest BCUT2D eigenvalue weighted by molar-refractivity contribution is 7.89. The quantitative estimate of drug-likeness (QED) is 0.467. The molecule has 0 bridgehead atoms. The monoisotopic (exact) mass is 454 g/mol. The molecule has 2 atom stereocenters. The van der Waals surface area contributed by atoms with Crippen LogP contribution < -0.4 is 15.4 Å². The zero-order chi connectivity index (χ0) is 22.6. The van der Waals surface area contributed by atoms with Gasteiger partial charge in [0.1, 0.15) is 12.6 Å². The Morgan fingerprint density at radius 2 is 2.16 bits per heavy atom. The van der Waals surface area contributed by atoms with Gasteiger partial charge in [-0.2, -0.15) is 4.72 Å². The number of ether oxygens (including phenoxy) is 1. The fourth-order valence-electron chi connectivity index (χ4n) is 4.15. The lowest BCUT2D eigenvalue weighted by molar-refractivity contribution is -0.134. The minimum atomic E-state index is -4.10. The molecular formula is C20H30N4O6S. The first kappa shape index (κ1) is 23.6. The summed E-state index contributed by atoms with van der Waals surface area (Å²) in [6, 6.07) is 3.28. The van der Waals surface area contributed by atoms with Crippen LogP contribution in [0.1, 0.15) is 25.3 Å². The van der Waals surface area contributed by atoms with Crippen molar-refractivity contribution in [2.75, 3.05) is 44.4 Å². The van der Waals surface area contributed by atoms with Crippen LogP contribution in [0.5, 0.6) is 0 Å². The highest BCUT2D eigenvalue weighted by Gasteiger charge is 2.35. The van der Waals surface area contributed by atoms with Crippen molar-refractivity contribution in [2.45, 2.75) is 43.2 Å². The minimum Gasteiger partial charge on any atom is -0.394 e. The molecule has 31 heavy (non-hydrogen) atoms. The highest BCUT2D eigenvalue weighted by Crippen LogP contribution is 2.29. The van der Waals surface area contributed by atoms with E-state index < -0.39 is 22.0 Å². The number of benzene rings is 1. The molecule has 2 amide bonds. The van der Waals surface area contributed by atoms with Crippen LogP contribution >= 0.6 is 0 Å². The number of nitrogens with two attached hydrogens (primary N) is 1. The van der Waals surface area contributed by atoms with Gasteiger partial charge in [-0.05, 0) is 37.0 Å². The highest BCUT2D eigenvalue weighted by atomic mass is 32.2. The summed E-state index contributed by atoms with van der Waals surface area (Å²) in [4.78, 5) is 28.2. The Morgan fingerprint density at radius 1 is 1.39 bits per heavy atom. The Morgan fingerprint density at radius 3 is 2.81 bits per heavy atom. The van der Waals surface area contributed by atoms with Gasteiger partial charge in [0, 0.05) is 25.3 Å². The number of amides is 2. The van der Waals surface area contributed by atoms with Gasteiger partial charge < -0.3 is 25.4 Å². The summed E-state index contributed by atoms with van der Waals surface area (Å²) < 4.78 is 34.1. The molecule has 0 saturated carbocycles. The molecule has 11 heteroatoms. The molecule has 4 N–H and O–H groups in total. The van der Waals surface area contributed by atoms with Gasteiger partial charge in [-0.25, -0.2) is 8.42 Å². The molecule has 0 aromatic heterocycles. The Labute approximate surface area is 182 Å². The summed E-state index contributed by atoms with van der Waals surface area (Å²) >= 11 is 0. The van der Waals surface area contributed by atoms with E-state index >= 15 is 0 Å². The van der Waals surface area contributed by atoms with Crippen LogP contribution in [-0.2, 0) is 30.8 Å². The second kappa shape index (κ2) is 10.0. The van der Waals surface area contributed by atoms with Crippen LogP contribution in [0.3, 0.4) is 0 Å². The molecule has 172 valence electrons. The number of nitrogens with zero attached hydrogens (tertiary/aromatic N) is 2. The molecule has 2 fully saturated rings. The van der Waals surface area contributed by atoms with Gasteiger partial charge in [0.25, 0.3) is 5.91 Å². The molecular weight excluding hydrogens is 424 g/mol. The van der Waals surface area contributed by atoms with Gasteiger partial charge in [0.2, 0.25) is 15.9 Å². The van der Waals surface area contributed by atoms with Gasteiger partial charge in [-0.3, -0.25) is 9.59 Å². The number of aliphatic hydroxyl groups is 1. The normalized spacial score (nSPS) is 20.9. The third-order valence-corrected chi connectivity index (χ3v) is 7.29. The number of carbonyl (C=O) groups is 2. The van der Waals surface area contributed by atoms with Gasteiger partial charge in [-0.1, -0.05) is 13.0 Å². The lowest BCUT2D eigenvalue weighted by atomic mass is 10.1. The maximum Gasteiger partial charge on any atom is 0.253 e.